The first kappa shape index (κ1) is 19.7. The number of rotatable bonds is 4. The summed E-state index contributed by atoms with van der Waals surface area (Å²) in [5, 5.41) is 0. The van der Waals surface area contributed by atoms with E-state index < -0.39 is 11.7 Å². The zero-order valence-corrected chi connectivity index (χ0v) is 16.2. The Morgan fingerprint density at radius 3 is 2.63 bits per heavy atom. The summed E-state index contributed by atoms with van der Waals surface area (Å²) in [6.07, 6.45) is -3.03. The molecule has 0 bridgehead atoms. The average molecular weight is 413 g/mol. The molecule has 0 atom stereocenters. The highest BCUT2D eigenvalue weighted by Gasteiger charge is 2.35. The molecule has 1 aromatic carbocycles. The fourth-order valence-corrected chi connectivity index (χ4v) is 3.17. The Balaban J connectivity index is 1.72. The first-order valence-electron chi connectivity index (χ1n) is 9.07. The summed E-state index contributed by atoms with van der Waals surface area (Å²) < 4.78 is 48.4. The number of nitrogens with zero attached hydrogens (tertiary/aromatic N) is 4. The molecule has 0 amide bonds. The first-order valence-corrected chi connectivity index (χ1v) is 9.07. The third-order valence-corrected chi connectivity index (χ3v) is 4.64. The van der Waals surface area contributed by atoms with Crippen molar-refractivity contribution in [2.75, 3.05) is 5.73 Å². The molecule has 0 unspecified atom stereocenters. The summed E-state index contributed by atoms with van der Waals surface area (Å²) >= 11 is 0. The predicted molar refractivity (Wildman–Crippen MR) is 107 cm³/mol. The fraction of sp³-hybridized carbons (Fsp3) is 0.190. The van der Waals surface area contributed by atoms with Crippen LogP contribution in [0.5, 0.6) is 5.75 Å². The molecule has 3 aromatic heterocycles. The van der Waals surface area contributed by atoms with Crippen LogP contribution in [0.15, 0.2) is 48.8 Å². The quantitative estimate of drug-likeness (QED) is 0.532. The Hall–Kier alpha value is -3.62. The van der Waals surface area contributed by atoms with Crippen LogP contribution in [-0.2, 0) is 19.8 Å². The summed E-state index contributed by atoms with van der Waals surface area (Å²) in [4.78, 5) is 12.6. The van der Waals surface area contributed by atoms with Crippen molar-refractivity contribution in [2.24, 2.45) is 7.05 Å². The van der Waals surface area contributed by atoms with Crippen LogP contribution in [0.4, 0.5) is 19.0 Å². The minimum atomic E-state index is -4.60. The monoisotopic (exact) mass is 413 g/mol. The van der Waals surface area contributed by atoms with Crippen LogP contribution in [0.25, 0.3) is 22.3 Å². The summed E-state index contributed by atoms with van der Waals surface area (Å²) in [5.41, 5.74) is 8.14. The molecule has 2 N–H and O–H groups in total. The Bertz CT molecular complexity index is 1230. The van der Waals surface area contributed by atoms with Crippen molar-refractivity contribution in [3.63, 3.8) is 0 Å². The molecule has 0 saturated heterocycles. The molecule has 0 aliphatic carbocycles. The Labute approximate surface area is 170 Å². The molecule has 0 spiro atoms. The number of halogens is 3. The lowest BCUT2D eigenvalue weighted by Gasteiger charge is -2.15. The number of benzene rings is 1. The van der Waals surface area contributed by atoms with Crippen molar-refractivity contribution in [1.29, 1.82) is 0 Å². The van der Waals surface area contributed by atoms with Crippen LogP contribution in [0, 0.1) is 6.92 Å². The number of hydrogen-bond donors (Lipinski definition) is 1. The van der Waals surface area contributed by atoms with Gasteiger partial charge in [-0.1, -0.05) is 6.07 Å². The van der Waals surface area contributed by atoms with Crippen LogP contribution < -0.4 is 10.5 Å². The topological polar surface area (TPSA) is 78.9 Å². The molecule has 0 aliphatic heterocycles. The Kier molecular flexibility index (Phi) is 4.81. The van der Waals surface area contributed by atoms with Crippen LogP contribution in [0.3, 0.4) is 0 Å². The lowest BCUT2D eigenvalue weighted by molar-refractivity contribution is -0.139. The van der Waals surface area contributed by atoms with Crippen molar-refractivity contribution < 1.29 is 17.9 Å². The summed E-state index contributed by atoms with van der Waals surface area (Å²) in [6.45, 7) is 1.73. The summed E-state index contributed by atoms with van der Waals surface area (Å²) in [6, 6.07) is 10.8. The molecule has 4 rings (SSSR count). The van der Waals surface area contributed by atoms with Crippen LogP contribution in [-0.4, -0.2) is 19.5 Å². The zero-order valence-electron chi connectivity index (χ0n) is 16.2. The van der Waals surface area contributed by atoms with E-state index in [0.29, 0.717) is 22.4 Å². The van der Waals surface area contributed by atoms with E-state index in [1.165, 1.54) is 12.1 Å². The fourth-order valence-electron chi connectivity index (χ4n) is 3.17. The standard InChI is InChI=1S/C21H18F3N5O/c1-12-4-3-5-14(27-12)10-30-18-7-6-13(8-15(18)21(22,23)24)16-9-17-19(20(25)28-16)26-11-29(17)2/h3-9,11H,10H2,1-2H3,(H2,25,28). The smallest absolute Gasteiger partial charge is 0.419 e. The van der Waals surface area contributed by atoms with E-state index in [9.17, 15) is 13.2 Å². The van der Waals surface area contributed by atoms with Gasteiger partial charge in [-0.2, -0.15) is 13.2 Å². The Morgan fingerprint density at radius 2 is 1.90 bits per heavy atom. The second-order valence-electron chi connectivity index (χ2n) is 6.88. The van der Waals surface area contributed by atoms with Gasteiger partial charge in [0.25, 0.3) is 0 Å². The predicted octanol–water partition coefficient (Wildman–Crippen LogP) is 4.52. The number of imidazole rings is 1. The number of nitrogen functional groups attached to an aromatic ring is 1. The number of hydrogen-bond acceptors (Lipinski definition) is 5. The molecule has 6 nitrogen and oxygen atoms in total. The molecule has 3 heterocycles. The maximum absolute atomic E-state index is 13.7. The summed E-state index contributed by atoms with van der Waals surface area (Å²) in [5.74, 6) is -0.119. The van der Waals surface area contributed by atoms with E-state index in [-0.39, 0.29) is 23.7 Å². The second kappa shape index (κ2) is 7.33. The molecule has 0 fully saturated rings. The molecule has 0 aliphatic rings. The normalized spacial score (nSPS) is 11.8. The molecular formula is C21H18F3N5O. The summed E-state index contributed by atoms with van der Waals surface area (Å²) in [7, 11) is 1.77. The van der Waals surface area contributed by atoms with Gasteiger partial charge < -0.3 is 15.0 Å². The minimum Gasteiger partial charge on any atom is -0.487 e. The number of ether oxygens (including phenoxy) is 1. The van der Waals surface area contributed by atoms with Crippen LogP contribution in [0.2, 0.25) is 0 Å². The van der Waals surface area contributed by atoms with Gasteiger partial charge in [-0.25, -0.2) is 9.97 Å². The number of aryl methyl sites for hydroxylation is 2. The SMILES string of the molecule is Cc1cccc(COc2ccc(-c3cc4c(ncn4C)c(N)n3)cc2C(F)(F)F)n1. The molecule has 154 valence electrons. The van der Waals surface area contributed by atoms with Gasteiger partial charge in [0.1, 0.15) is 17.9 Å². The highest BCUT2D eigenvalue weighted by atomic mass is 19.4. The third-order valence-electron chi connectivity index (χ3n) is 4.64. The van der Waals surface area contributed by atoms with Crippen molar-refractivity contribution >= 4 is 16.9 Å². The number of fused-ring (bicyclic) bond motifs is 1. The number of anilines is 1. The van der Waals surface area contributed by atoms with Crippen molar-refractivity contribution in [3.8, 4) is 17.0 Å². The van der Waals surface area contributed by atoms with E-state index in [1.807, 2.05) is 0 Å². The number of aromatic nitrogens is 4. The largest absolute Gasteiger partial charge is 0.487 e. The molecule has 0 saturated carbocycles. The van der Waals surface area contributed by atoms with E-state index >= 15 is 0 Å². The maximum atomic E-state index is 13.7. The van der Waals surface area contributed by atoms with Gasteiger partial charge in [0, 0.05) is 18.3 Å². The molecule has 0 radical (unpaired) electrons. The molecule has 30 heavy (non-hydrogen) atoms. The van der Waals surface area contributed by atoms with Gasteiger partial charge >= 0.3 is 6.18 Å². The molecule has 4 aromatic rings. The van der Waals surface area contributed by atoms with E-state index in [1.54, 1.807) is 49.1 Å². The number of alkyl halides is 3. The highest BCUT2D eigenvalue weighted by Crippen LogP contribution is 2.39. The number of pyridine rings is 2. The lowest BCUT2D eigenvalue weighted by atomic mass is 10.1. The average Bonchev–Trinajstić information content (AvgIpc) is 3.07. The van der Waals surface area contributed by atoms with Gasteiger partial charge in [0.15, 0.2) is 5.82 Å². The molecule has 9 heteroatoms. The van der Waals surface area contributed by atoms with Crippen molar-refractivity contribution in [1.82, 2.24) is 19.5 Å². The minimum absolute atomic E-state index is 0.0731. The van der Waals surface area contributed by atoms with Gasteiger partial charge in [-0.05, 0) is 43.3 Å². The maximum Gasteiger partial charge on any atom is 0.419 e. The van der Waals surface area contributed by atoms with Gasteiger partial charge in [-0.15, -0.1) is 0 Å². The van der Waals surface area contributed by atoms with Gasteiger partial charge in [0.05, 0.1) is 28.8 Å². The van der Waals surface area contributed by atoms with Gasteiger partial charge in [-0.3, -0.25) is 4.98 Å². The first-order chi connectivity index (χ1) is 14.2. The lowest BCUT2D eigenvalue weighted by Crippen LogP contribution is -2.10. The number of nitrogens with two attached hydrogens (primary N) is 1. The van der Waals surface area contributed by atoms with E-state index in [4.69, 9.17) is 10.5 Å². The van der Waals surface area contributed by atoms with Crippen LogP contribution >= 0.6 is 0 Å². The zero-order chi connectivity index (χ0) is 21.5. The van der Waals surface area contributed by atoms with Gasteiger partial charge in [0.2, 0.25) is 0 Å². The van der Waals surface area contributed by atoms with Crippen molar-refractivity contribution in [2.45, 2.75) is 19.7 Å². The van der Waals surface area contributed by atoms with E-state index in [0.717, 1.165) is 11.8 Å². The third kappa shape index (κ3) is 3.78. The second-order valence-corrected chi connectivity index (χ2v) is 6.88. The van der Waals surface area contributed by atoms with Crippen LogP contribution in [0.1, 0.15) is 17.0 Å². The van der Waals surface area contributed by atoms with E-state index in [2.05, 4.69) is 15.0 Å². The molecular weight excluding hydrogens is 395 g/mol. The van der Waals surface area contributed by atoms with Crippen molar-refractivity contribution in [3.05, 3.63) is 65.7 Å². The Morgan fingerprint density at radius 1 is 1.10 bits per heavy atom. The highest BCUT2D eigenvalue weighted by molar-refractivity contribution is 5.88.